The summed E-state index contributed by atoms with van der Waals surface area (Å²) in [6.07, 6.45) is 6.24. The fourth-order valence-electron chi connectivity index (χ4n) is 3.11. The van der Waals surface area contributed by atoms with E-state index in [0.29, 0.717) is 12.0 Å². The molecule has 16 heavy (non-hydrogen) atoms. The first-order chi connectivity index (χ1) is 7.79. The predicted molar refractivity (Wildman–Crippen MR) is 64.4 cm³/mol. The van der Waals surface area contributed by atoms with Gasteiger partial charge in [0, 0.05) is 19.7 Å². The van der Waals surface area contributed by atoms with Gasteiger partial charge in [0.1, 0.15) is 0 Å². The number of hydrogen-bond acceptors (Lipinski definition) is 3. The largest absolute Gasteiger partial charge is 0.393 e. The third kappa shape index (κ3) is 3.19. The van der Waals surface area contributed by atoms with E-state index in [1.165, 1.54) is 32.2 Å². The Balaban J connectivity index is 1.76. The maximum atomic E-state index is 9.83. The van der Waals surface area contributed by atoms with Crippen molar-refractivity contribution >= 4 is 0 Å². The molecular weight excluding hydrogens is 202 g/mol. The summed E-state index contributed by atoms with van der Waals surface area (Å²) in [4.78, 5) is 2.49. The Morgan fingerprint density at radius 1 is 1.25 bits per heavy atom. The molecule has 0 amide bonds. The molecule has 3 nitrogen and oxygen atoms in total. The topological polar surface area (TPSA) is 32.7 Å². The van der Waals surface area contributed by atoms with E-state index < -0.39 is 0 Å². The molecule has 94 valence electrons. The van der Waals surface area contributed by atoms with E-state index in [-0.39, 0.29) is 6.10 Å². The molecule has 2 rings (SSSR count). The summed E-state index contributed by atoms with van der Waals surface area (Å²) in [5, 5.41) is 9.83. The lowest BCUT2D eigenvalue weighted by molar-refractivity contribution is -0.00443. The number of aliphatic hydroxyl groups excluding tert-OH is 1. The number of aliphatic hydroxyl groups is 1. The van der Waals surface area contributed by atoms with Gasteiger partial charge < -0.3 is 14.7 Å². The van der Waals surface area contributed by atoms with Crippen LogP contribution in [0.3, 0.4) is 0 Å². The molecule has 1 saturated carbocycles. The molecule has 1 aliphatic heterocycles. The first kappa shape index (κ1) is 12.3. The van der Waals surface area contributed by atoms with Crippen molar-refractivity contribution in [3.8, 4) is 0 Å². The van der Waals surface area contributed by atoms with Gasteiger partial charge in [-0.15, -0.1) is 0 Å². The van der Waals surface area contributed by atoms with Crippen molar-refractivity contribution in [1.29, 1.82) is 0 Å². The number of likely N-dealkylation sites (tertiary alicyclic amines) is 1. The third-order valence-corrected chi connectivity index (χ3v) is 3.98. The molecular formula is C13H25NO2. The number of ether oxygens (including phenoxy) is 1. The van der Waals surface area contributed by atoms with Gasteiger partial charge in [0.2, 0.25) is 0 Å². The second-order valence-corrected chi connectivity index (χ2v) is 5.24. The lowest BCUT2D eigenvalue weighted by Gasteiger charge is -2.34. The minimum absolute atomic E-state index is 0.0486. The van der Waals surface area contributed by atoms with Gasteiger partial charge in [0.05, 0.1) is 12.2 Å². The molecule has 0 spiro atoms. The lowest BCUT2D eigenvalue weighted by Crippen LogP contribution is -2.43. The van der Waals surface area contributed by atoms with Gasteiger partial charge in [-0.3, -0.25) is 0 Å². The molecule has 0 aromatic carbocycles. The van der Waals surface area contributed by atoms with E-state index in [1.54, 1.807) is 0 Å². The molecule has 3 unspecified atom stereocenters. The molecule has 1 aliphatic carbocycles. The van der Waals surface area contributed by atoms with E-state index in [1.807, 2.05) is 0 Å². The third-order valence-electron chi connectivity index (χ3n) is 3.98. The summed E-state index contributed by atoms with van der Waals surface area (Å²) in [6, 6.07) is 0. The highest BCUT2D eigenvalue weighted by Crippen LogP contribution is 2.27. The zero-order valence-electron chi connectivity index (χ0n) is 10.4. The number of nitrogens with zero attached hydrogens (tertiary/aromatic N) is 1. The van der Waals surface area contributed by atoms with Crippen LogP contribution < -0.4 is 0 Å². The number of piperidine rings is 1. The predicted octanol–water partition coefficient (Wildman–Crippen LogP) is 1.65. The lowest BCUT2D eigenvalue weighted by atomic mass is 10.0. The van der Waals surface area contributed by atoms with E-state index in [9.17, 15) is 5.11 Å². The van der Waals surface area contributed by atoms with Crippen LogP contribution in [0.2, 0.25) is 0 Å². The van der Waals surface area contributed by atoms with Crippen LogP contribution in [0, 0.1) is 5.92 Å². The molecule has 3 atom stereocenters. The maximum absolute atomic E-state index is 9.83. The zero-order chi connectivity index (χ0) is 11.4. The minimum atomic E-state index is -0.0486. The summed E-state index contributed by atoms with van der Waals surface area (Å²) >= 11 is 0. The Morgan fingerprint density at radius 2 is 2.12 bits per heavy atom. The van der Waals surface area contributed by atoms with Crippen molar-refractivity contribution in [3.63, 3.8) is 0 Å². The Bertz CT molecular complexity index is 208. The van der Waals surface area contributed by atoms with Crippen molar-refractivity contribution in [1.82, 2.24) is 4.90 Å². The Hall–Kier alpha value is -0.120. The van der Waals surface area contributed by atoms with Crippen LogP contribution in [-0.2, 0) is 4.74 Å². The summed E-state index contributed by atoms with van der Waals surface area (Å²) < 4.78 is 5.70. The van der Waals surface area contributed by atoms with Gasteiger partial charge in [0.25, 0.3) is 0 Å². The number of hydrogen-bond donors (Lipinski definition) is 1. The van der Waals surface area contributed by atoms with Gasteiger partial charge in [-0.2, -0.15) is 0 Å². The van der Waals surface area contributed by atoms with E-state index >= 15 is 0 Å². The monoisotopic (exact) mass is 227 g/mol. The van der Waals surface area contributed by atoms with Crippen LogP contribution in [-0.4, -0.2) is 48.5 Å². The summed E-state index contributed by atoms with van der Waals surface area (Å²) in [5.74, 6) is 0.514. The van der Waals surface area contributed by atoms with Crippen LogP contribution in [0.15, 0.2) is 0 Å². The summed E-state index contributed by atoms with van der Waals surface area (Å²) in [6.45, 7) is 6.22. The van der Waals surface area contributed by atoms with Gasteiger partial charge in [-0.25, -0.2) is 0 Å². The van der Waals surface area contributed by atoms with E-state index in [2.05, 4.69) is 11.8 Å². The van der Waals surface area contributed by atoms with E-state index in [4.69, 9.17) is 4.74 Å². The Kier molecular flexibility index (Phi) is 4.62. The minimum Gasteiger partial charge on any atom is -0.393 e. The van der Waals surface area contributed by atoms with Gasteiger partial charge in [-0.05, 0) is 45.1 Å². The fraction of sp³-hybridized carbons (Fsp3) is 1.00. The molecule has 0 radical (unpaired) electrons. The highest BCUT2D eigenvalue weighted by molar-refractivity contribution is 4.82. The molecule has 1 N–H and O–H groups in total. The average molecular weight is 227 g/mol. The second-order valence-electron chi connectivity index (χ2n) is 5.24. The van der Waals surface area contributed by atoms with Gasteiger partial charge in [0.15, 0.2) is 0 Å². The molecule has 1 heterocycles. The Labute approximate surface area is 98.8 Å². The second kappa shape index (κ2) is 5.99. The van der Waals surface area contributed by atoms with Crippen molar-refractivity contribution in [3.05, 3.63) is 0 Å². The molecule has 2 fully saturated rings. The molecule has 0 aromatic rings. The van der Waals surface area contributed by atoms with Crippen molar-refractivity contribution in [2.24, 2.45) is 5.92 Å². The van der Waals surface area contributed by atoms with Crippen LogP contribution in [0.5, 0.6) is 0 Å². The standard InChI is InChI=1S/C13H25NO2/c1-2-16-12-6-4-8-14(10-12)9-11-5-3-7-13(11)15/h11-13,15H,2-10H2,1H3. The first-order valence-electron chi connectivity index (χ1n) is 6.81. The summed E-state index contributed by atoms with van der Waals surface area (Å²) in [5.41, 5.74) is 0. The normalized spacial score (nSPS) is 36.8. The zero-order valence-corrected chi connectivity index (χ0v) is 10.4. The van der Waals surface area contributed by atoms with Crippen LogP contribution in [0.1, 0.15) is 39.0 Å². The first-order valence-corrected chi connectivity index (χ1v) is 6.81. The molecule has 0 aromatic heterocycles. The van der Waals surface area contributed by atoms with Crippen LogP contribution in [0.25, 0.3) is 0 Å². The van der Waals surface area contributed by atoms with Crippen LogP contribution in [0.4, 0.5) is 0 Å². The average Bonchev–Trinajstić information content (AvgIpc) is 2.66. The van der Waals surface area contributed by atoms with Crippen LogP contribution >= 0.6 is 0 Å². The molecule has 0 bridgehead atoms. The van der Waals surface area contributed by atoms with Crippen molar-refractivity contribution in [2.75, 3.05) is 26.2 Å². The number of rotatable bonds is 4. The quantitative estimate of drug-likeness (QED) is 0.792. The highest BCUT2D eigenvalue weighted by atomic mass is 16.5. The smallest absolute Gasteiger partial charge is 0.0702 e. The van der Waals surface area contributed by atoms with Gasteiger partial charge >= 0.3 is 0 Å². The SMILES string of the molecule is CCOC1CCCN(CC2CCCC2O)C1. The van der Waals surface area contributed by atoms with Crippen molar-refractivity contribution in [2.45, 2.75) is 51.2 Å². The maximum Gasteiger partial charge on any atom is 0.0702 e. The molecule has 2 aliphatic rings. The Morgan fingerprint density at radius 3 is 2.81 bits per heavy atom. The van der Waals surface area contributed by atoms with Crippen molar-refractivity contribution < 1.29 is 9.84 Å². The highest BCUT2D eigenvalue weighted by Gasteiger charge is 2.29. The summed E-state index contributed by atoms with van der Waals surface area (Å²) in [7, 11) is 0. The fourth-order valence-corrected chi connectivity index (χ4v) is 3.11. The molecule has 3 heteroatoms. The van der Waals surface area contributed by atoms with Gasteiger partial charge in [-0.1, -0.05) is 6.42 Å². The van der Waals surface area contributed by atoms with E-state index in [0.717, 1.165) is 26.1 Å². The molecule has 1 saturated heterocycles.